The van der Waals surface area contributed by atoms with Crippen molar-refractivity contribution in [3.63, 3.8) is 0 Å². The van der Waals surface area contributed by atoms with Crippen molar-refractivity contribution >= 4 is 11.8 Å². The Morgan fingerprint density at radius 3 is 1.74 bits per heavy atom. The molecule has 0 radical (unpaired) electrons. The Hall–Kier alpha value is -1.06. The summed E-state index contributed by atoms with van der Waals surface area (Å²) in [6.45, 7) is 5.53. The molecule has 0 aromatic carbocycles. The Morgan fingerprint density at radius 2 is 1.37 bits per heavy atom. The standard InChI is InChI=1S/C15H24N2O2/c1-10(18)16-14-5-12-4-13(3,7-14)8-15(6-12,9-14)17-11(2)19/h12H,4-9H2,1-3H3,(H,16,18)(H,17,19)/t12?,13?,14-,15+. The summed E-state index contributed by atoms with van der Waals surface area (Å²) in [7, 11) is 0. The maximum absolute atomic E-state index is 11.6. The summed E-state index contributed by atoms with van der Waals surface area (Å²) >= 11 is 0. The van der Waals surface area contributed by atoms with E-state index in [0.29, 0.717) is 5.92 Å². The van der Waals surface area contributed by atoms with Crippen LogP contribution in [0.15, 0.2) is 0 Å². The van der Waals surface area contributed by atoms with Crippen molar-refractivity contribution in [2.45, 2.75) is 70.4 Å². The average molecular weight is 264 g/mol. The van der Waals surface area contributed by atoms with Crippen molar-refractivity contribution in [3.8, 4) is 0 Å². The van der Waals surface area contributed by atoms with Crippen LogP contribution in [-0.4, -0.2) is 22.9 Å². The lowest BCUT2D eigenvalue weighted by Crippen LogP contribution is -2.71. The van der Waals surface area contributed by atoms with E-state index in [9.17, 15) is 9.59 Å². The van der Waals surface area contributed by atoms with Gasteiger partial charge in [0.05, 0.1) is 0 Å². The SMILES string of the molecule is CC(=O)N[C@@]12CC3CC(C)(C1)C[C@](NC(C)=O)(C3)C2. The first-order chi connectivity index (χ1) is 8.74. The molecule has 0 aromatic heterocycles. The van der Waals surface area contributed by atoms with Crippen LogP contribution < -0.4 is 10.6 Å². The minimum absolute atomic E-state index is 0.0588. The Labute approximate surface area is 114 Å². The van der Waals surface area contributed by atoms with E-state index in [1.54, 1.807) is 13.8 Å². The molecule has 0 saturated heterocycles. The molecule has 2 amide bonds. The molecule has 0 heterocycles. The van der Waals surface area contributed by atoms with Crippen molar-refractivity contribution in [1.29, 1.82) is 0 Å². The summed E-state index contributed by atoms with van der Waals surface area (Å²) in [5, 5.41) is 6.44. The number of hydrogen-bond donors (Lipinski definition) is 2. The molecular weight excluding hydrogens is 240 g/mol. The summed E-state index contributed by atoms with van der Waals surface area (Å²) in [5.41, 5.74) is 0.106. The van der Waals surface area contributed by atoms with Gasteiger partial charge in [0, 0.05) is 24.9 Å². The lowest BCUT2D eigenvalue weighted by Gasteiger charge is -2.66. The van der Waals surface area contributed by atoms with E-state index < -0.39 is 0 Å². The fourth-order valence-electron chi connectivity index (χ4n) is 5.95. The van der Waals surface area contributed by atoms with Crippen LogP contribution in [0.4, 0.5) is 0 Å². The molecule has 2 N–H and O–H groups in total. The van der Waals surface area contributed by atoms with Crippen LogP contribution in [0.3, 0.4) is 0 Å². The predicted molar refractivity (Wildman–Crippen MR) is 72.4 cm³/mol. The second kappa shape index (κ2) is 3.74. The van der Waals surface area contributed by atoms with Crippen LogP contribution in [0.25, 0.3) is 0 Å². The molecule has 4 rings (SSSR count). The maximum Gasteiger partial charge on any atom is 0.217 e. The van der Waals surface area contributed by atoms with Crippen molar-refractivity contribution in [2.75, 3.05) is 0 Å². The molecule has 4 atom stereocenters. The Morgan fingerprint density at radius 1 is 0.895 bits per heavy atom. The van der Waals surface area contributed by atoms with E-state index in [2.05, 4.69) is 17.6 Å². The molecular formula is C15H24N2O2. The van der Waals surface area contributed by atoms with Crippen LogP contribution >= 0.6 is 0 Å². The van der Waals surface area contributed by atoms with Gasteiger partial charge < -0.3 is 10.6 Å². The quantitative estimate of drug-likeness (QED) is 0.798. The first-order valence-electron chi connectivity index (χ1n) is 7.31. The molecule has 0 aliphatic heterocycles. The average Bonchev–Trinajstić information content (AvgIpc) is 2.06. The normalized spacial score (nSPS) is 47.0. The zero-order chi connectivity index (χ0) is 13.9. The highest BCUT2D eigenvalue weighted by molar-refractivity contribution is 5.75. The van der Waals surface area contributed by atoms with E-state index in [1.165, 1.54) is 6.42 Å². The van der Waals surface area contributed by atoms with Crippen molar-refractivity contribution in [3.05, 3.63) is 0 Å². The molecule has 4 saturated carbocycles. The third-order valence-corrected chi connectivity index (χ3v) is 5.23. The topological polar surface area (TPSA) is 58.2 Å². The van der Waals surface area contributed by atoms with Gasteiger partial charge in [-0.25, -0.2) is 0 Å². The van der Waals surface area contributed by atoms with E-state index in [1.807, 2.05) is 0 Å². The van der Waals surface area contributed by atoms with Crippen LogP contribution in [0.1, 0.15) is 59.3 Å². The number of nitrogens with one attached hydrogen (secondary N) is 2. The zero-order valence-corrected chi connectivity index (χ0v) is 12.1. The fraction of sp³-hybridized carbons (Fsp3) is 0.867. The molecule has 4 bridgehead atoms. The van der Waals surface area contributed by atoms with Gasteiger partial charge in [-0.1, -0.05) is 6.92 Å². The second-order valence-electron chi connectivity index (χ2n) is 7.74. The van der Waals surface area contributed by atoms with Gasteiger partial charge in [-0.3, -0.25) is 9.59 Å². The maximum atomic E-state index is 11.6. The van der Waals surface area contributed by atoms with E-state index in [0.717, 1.165) is 32.1 Å². The van der Waals surface area contributed by atoms with Gasteiger partial charge in [-0.05, 0) is 49.9 Å². The molecule has 0 spiro atoms. The monoisotopic (exact) mass is 264 g/mol. The Bertz CT molecular complexity index is 413. The fourth-order valence-corrected chi connectivity index (χ4v) is 5.95. The molecule has 2 unspecified atom stereocenters. The highest BCUT2D eigenvalue weighted by Crippen LogP contribution is 2.62. The third kappa shape index (κ3) is 2.15. The molecule has 4 fully saturated rings. The molecule has 4 aliphatic carbocycles. The minimum Gasteiger partial charge on any atom is -0.351 e. The zero-order valence-electron chi connectivity index (χ0n) is 12.1. The van der Waals surface area contributed by atoms with Gasteiger partial charge in [0.25, 0.3) is 0 Å². The highest BCUT2D eigenvalue weighted by atomic mass is 16.2. The van der Waals surface area contributed by atoms with E-state index in [4.69, 9.17) is 0 Å². The lowest BCUT2D eigenvalue weighted by molar-refractivity contribution is -0.137. The summed E-state index contributed by atoms with van der Waals surface area (Å²) in [4.78, 5) is 23.1. The van der Waals surface area contributed by atoms with Gasteiger partial charge in [0.1, 0.15) is 0 Å². The molecule has 19 heavy (non-hydrogen) atoms. The van der Waals surface area contributed by atoms with Crippen molar-refractivity contribution in [2.24, 2.45) is 11.3 Å². The van der Waals surface area contributed by atoms with Gasteiger partial charge in [-0.15, -0.1) is 0 Å². The number of carbonyl (C=O) groups is 2. The number of carbonyl (C=O) groups excluding carboxylic acids is 2. The van der Waals surface area contributed by atoms with Gasteiger partial charge >= 0.3 is 0 Å². The molecule has 4 nitrogen and oxygen atoms in total. The summed E-state index contributed by atoms with van der Waals surface area (Å²) in [6.07, 6.45) is 6.46. The summed E-state index contributed by atoms with van der Waals surface area (Å²) < 4.78 is 0. The van der Waals surface area contributed by atoms with Gasteiger partial charge in [-0.2, -0.15) is 0 Å². The smallest absolute Gasteiger partial charge is 0.217 e. The predicted octanol–water partition coefficient (Wildman–Crippen LogP) is 1.74. The third-order valence-electron chi connectivity index (χ3n) is 5.23. The first kappa shape index (κ1) is 12.9. The molecule has 0 aromatic rings. The number of rotatable bonds is 2. The van der Waals surface area contributed by atoms with Crippen molar-refractivity contribution < 1.29 is 9.59 Å². The van der Waals surface area contributed by atoms with Crippen LogP contribution in [0, 0.1) is 11.3 Å². The largest absolute Gasteiger partial charge is 0.351 e. The lowest BCUT2D eigenvalue weighted by atomic mass is 9.44. The van der Waals surface area contributed by atoms with E-state index in [-0.39, 0.29) is 28.3 Å². The first-order valence-corrected chi connectivity index (χ1v) is 7.31. The second-order valence-corrected chi connectivity index (χ2v) is 7.74. The molecule has 106 valence electrons. The number of hydrogen-bond acceptors (Lipinski definition) is 2. The minimum atomic E-state index is -0.0809. The van der Waals surface area contributed by atoms with Gasteiger partial charge in [0.15, 0.2) is 0 Å². The molecule has 4 heteroatoms. The van der Waals surface area contributed by atoms with Crippen LogP contribution in [0.2, 0.25) is 0 Å². The Kier molecular flexibility index (Phi) is 2.55. The number of amides is 2. The summed E-state index contributed by atoms with van der Waals surface area (Å²) in [5.74, 6) is 0.756. The van der Waals surface area contributed by atoms with E-state index >= 15 is 0 Å². The summed E-state index contributed by atoms with van der Waals surface area (Å²) in [6, 6.07) is 0. The highest BCUT2D eigenvalue weighted by Gasteiger charge is 2.62. The van der Waals surface area contributed by atoms with Crippen LogP contribution in [0.5, 0.6) is 0 Å². The van der Waals surface area contributed by atoms with Crippen molar-refractivity contribution in [1.82, 2.24) is 10.6 Å². The van der Waals surface area contributed by atoms with Crippen LogP contribution in [-0.2, 0) is 9.59 Å². The Balaban J connectivity index is 1.94. The van der Waals surface area contributed by atoms with Gasteiger partial charge in [0.2, 0.25) is 11.8 Å². The molecule has 4 aliphatic rings.